The van der Waals surface area contributed by atoms with Crippen molar-refractivity contribution in [3.8, 4) is 0 Å². The first kappa shape index (κ1) is 12.7. The van der Waals surface area contributed by atoms with Gasteiger partial charge in [-0.05, 0) is 6.54 Å². The summed E-state index contributed by atoms with van der Waals surface area (Å²) in [4.78, 5) is 15.2. The Bertz CT molecular complexity index is 347. The van der Waals surface area contributed by atoms with Crippen molar-refractivity contribution in [3.63, 3.8) is 0 Å². The monoisotopic (exact) mass is 225 g/mol. The van der Waals surface area contributed by atoms with E-state index in [1.807, 2.05) is 31.5 Å². The van der Waals surface area contributed by atoms with Gasteiger partial charge in [0.25, 0.3) is 0 Å². The van der Waals surface area contributed by atoms with Crippen molar-refractivity contribution in [3.05, 3.63) is 18.2 Å². The molecule has 0 amide bonds. The van der Waals surface area contributed by atoms with E-state index in [2.05, 4.69) is 10.3 Å². The number of nitrogens with one attached hydrogen (secondary N) is 1. The molecule has 1 aromatic heterocycles. The van der Waals surface area contributed by atoms with Crippen molar-refractivity contribution < 1.29 is 9.90 Å². The summed E-state index contributed by atoms with van der Waals surface area (Å²) in [6.07, 6.45) is 3.53. The Balaban J connectivity index is 2.77. The molecule has 0 spiro atoms. The first-order chi connectivity index (χ1) is 7.56. The molecule has 0 aliphatic carbocycles. The van der Waals surface area contributed by atoms with E-state index >= 15 is 0 Å². The minimum Gasteiger partial charge on any atom is -0.480 e. The second kappa shape index (κ2) is 5.65. The van der Waals surface area contributed by atoms with E-state index in [1.54, 1.807) is 6.20 Å². The minimum absolute atomic E-state index is 0.297. The Morgan fingerprint density at radius 2 is 2.31 bits per heavy atom. The van der Waals surface area contributed by atoms with Crippen molar-refractivity contribution >= 4 is 5.97 Å². The second-order valence-electron chi connectivity index (χ2n) is 4.04. The molecule has 90 valence electrons. The first-order valence-electron chi connectivity index (χ1n) is 5.53. The van der Waals surface area contributed by atoms with Gasteiger partial charge in [0, 0.05) is 24.9 Å². The second-order valence-corrected chi connectivity index (χ2v) is 4.04. The van der Waals surface area contributed by atoms with Gasteiger partial charge in [-0.25, -0.2) is 4.98 Å². The molecule has 1 rings (SSSR count). The van der Waals surface area contributed by atoms with Crippen molar-refractivity contribution in [1.29, 1.82) is 0 Å². The summed E-state index contributed by atoms with van der Waals surface area (Å²) in [6, 6.07) is -0.559. The van der Waals surface area contributed by atoms with Crippen LogP contribution in [0.25, 0.3) is 0 Å². The van der Waals surface area contributed by atoms with Gasteiger partial charge in [-0.2, -0.15) is 0 Å². The van der Waals surface area contributed by atoms with E-state index in [0.717, 1.165) is 5.82 Å². The van der Waals surface area contributed by atoms with Gasteiger partial charge in [0.2, 0.25) is 0 Å². The van der Waals surface area contributed by atoms with Gasteiger partial charge >= 0.3 is 5.97 Å². The third kappa shape index (κ3) is 3.06. The van der Waals surface area contributed by atoms with Crippen LogP contribution >= 0.6 is 0 Å². The molecular weight excluding hydrogens is 206 g/mol. The number of aliphatic carboxylic acids is 1. The average molecular weight is 225 g/mol. The maximum atomic E-state index is 11.0. The van der Waals surface area contributed by atoms with Crippen LogP contribution in [-0.4, -0.2) is 33.2 Å². The van der Waals surface area contributed by atoms with Gasteiger partial charge < -0.3 is 15.0 Å². The lowest BCUT2D eigenvalue weighted by Gasteiger charge is -2.16. The van der Waals surface area contributed by atoms with Gasteiger partial charge in [0.05, 0.1) is 0 Å². The van der Waals surface area contributed by atoms with E-state index in [9.17, 15) is 4.79 Å². The number of carbonyl (C=O) groups is 1. The van der Waals surface area contributed by atoms with Crippen LogP contribution in [0.3, 0.4) is 0 Å². The summed E-state index contributed by atoms with van der Waals surface area (Å²) in [5.74, 6) is 0.389. The summed E-state index contributed by atoms with van der Waals surface area (Å²) < 4.78 is 1.89. The lowest BCUT2D eigenvalue weighted by Crippen LogP contribution is -2.40. The van der Waals surface area contributed by atoms with Crippen LogP contribution in [0.5, 0.6) is 0 Å². The average Bonchev–Trinajstić information content (AvgIpc) is 2.65. The molecule has 0 saturated heterocycles. The molecule has 1 heterocycles. The summed E-state index contributed by atoms with van der Waals surface area (Å²) in [7, 11) is 0. The van der Waals surface area contributed by atoms with Crippen LogP contribution < -0.4 is 5.32 Å². The van der Waals surface area contributed by atoms with E-state index in [4.69, 9.17) is 5.11 Å². The maximum absolute atomic E-state index is 11.0. The number of carboxylic acids is 1. The number of imidazole rings is 1. The van der Waals surface area contributed by atoms with Crippen molar-refractivity contribution in [2.24, 2.45) is 0 Å². The third-order valence-corrected chi connectivity index (χ3v) is 2.39. The Morgan fingerprint density at radius 3 is 2.81 bits per heavy atom. The molecule has 5 heteroatoms. The molecule has 16 heavy (non-hydrogen) atoms. The third-order valence-electron chi connectivity index (χ3n) is 2.39. The SMILES string of the molecule is CCNC(Cn1ccnc1C(C)C)C(=O)O. The maximum Gasteiger partial charge on any atom is 0.322 e. The highest BCUT2D eigenvalue weighted by Gasteiger charge is 2.18. The molecule has 0 saturated carbocycles. The smallest absolute Gasteiger partial charge is 0.322 e. The quantitative estimate of drug-likeness (QED) is 0.760. The predicted molar refractivity (Wildman–Crippen MR) is 61.4 cm³/mol. The van der Waals surface area contributed by atoms with E-state index in [0.29, 0.717) is 19.0 Å². The normalized spacial score (nSPS) is 13.0. The van der Waals surface area contributed by atoms with Gasteiger partial charge in [-0.15, -0.1) is 0 Å². The number of hydrogen-bond acceptors (Lipinski definition) is 3. The van der Waals surface area contributed by atoms with Crippen LogP contribution in [0.2, 0.25) is 0 Å². The van der Waals surface area contributed by atoms with Crippen LogP contribution in [0, 0.1) is 0 Å². The Morgan fingerprint density at radius 1 is 1.62 bits per heavy atom. The summed E-state index contributed by atoms with van der Waals surface area (Å²) >= 11 is 0. The van der Waals surface area contributed by atoms with E-state index in [1.165, 1.54) is 0 Å². The molecule has 2 N–H and O–H groups in total. The number of hydrogen-bond donors (Lipinski definition) is 2. The topological polar surface area (TPSA) is 67.2 Å². The summed E-state index contributed by atoms with van der Waals surface area (Å²) in [5.41, 5.74) is 0. The molecule has 1 aromatic rings. The molecule has 0 bridgehead atoms. The fourth-order valence-electron chi connectivity index (χ4n) is 1.65. The largest absolute Gasteiger partial charge is 0.480 e. The molecule has 5 nitrogen and oxygen atoms in total. The Kier molecular flexibility index (Phi) is 4.49. The van der Waals surface area contributed by atoms with Crippen molar-refractivity contribution in [1.82, 2.24) is 14.9 Å². The molecule has 0 aliphatic rings. The lowest BCUT2D eigenvalue weighted by atomic mass is 10.2. The molecule has 1 atom stereocenters. The fourth-order valence-corrected chi connectivity index (χ4v) is 1.65. The highest BCUT2D eigenvalue weighted by molar-refractivity contribution is 5.73. The minimum atomic E-state index is -0.828. The van der Waals surface area contributed by atoms with Crippen LogP contribution in [-0.2, 0) is 11.3 Å². The zero-order valence-electron chi connectivity index (χ0n) is 9.97. The molecule has 0 aromatic carbocycles. The molecule has 0 radical (unpaired) electrons. The number of aromatic nitrogens is 2. The van der Waals surface area contributed by atoms with Crippen molar-refractivity contribution in [2.45, 2.75) is 39.3 Å². The number of likely N-dealkylation sites (N-methyl/N-ethyl adjacent to an activating group) is 1. The highest BCUT2D eigenvalue weighted by atomic mass is 16.4. The Hall–Kier alpha value is -1.36. The standard InChI is InChI=1S/C11H19N3O2/c1-4-12-9(11(15)16)7-14-6-5-13-10(14)8(2)3/h5-6,8-9,12H,4,7H2,1-3H3,(H,15,16). The van der Waals surface area contributed by atoms with Crippen LogP contribution in [0.4, 0.5) is 0 Å². The summed E-state index contributed by atoms with van der Waals surface area (Å²) in [5, 5.41) is 12.0. The van der Waals surface area contributed by atoms with Crippen LogP contribution in [0.1, 0.15) is 32.5 Å². The number of rotatable bonds is 6. The van der Waals surface area contributed by atoms with Gasteiger partial charge in [0.15, 0.2) is 0 Å². The van der Waals surface area contributed by atoms with E-state index < -0.39 is 12.0 Å². The molecular formula is C11H19N3O2. The van der Waals surface area contributed by atoms with Gasteiger partial charge in [-0.3, -0.25) is 4.79 Å². The zero-order chi connectivity index (χ0) is 12.1. The molecule has 1 unspecified atom stereocenters. The fraction of sp³-hybridized carbons (Fsp3) is 0.636. The van der Waals surface area contributed by atoms with Gasteiger partial charge in [0.1, 0.15) is 11.9 Å². The lowest BCUT2D eigenvalue weighted by molar-refractivity contribution is -0.139. The zero-order valence-corrected chi connectivity index (χ0v) is 9.97. The highest BCUT2D eigenvalue weighted by Crippen LogP contribution is 2.12. The Labute approximate surface area is 95.5 Å². The predicted octanol–water partition coefficient (Wildman–Crippen LogP) is 1.07. The van der Waals surface area contributed by atoms with E-state index in [-0.39, 0.29) is 0 Å². The number of nitrogens with zero attached hydrogens (tertiary/aromatic N) is 2. The van der Waals surface area contributed by atoms with Gasteiger partial charge in [-0.1, -0.05) is 20.8 Å². The van der Waals surface area contributed by atoms with Crippen LogP contribution in [0.15, 0.2) is 12.4 Å². The van der Waals surface area contributed by atoms with Crippen molar-refractivity contribution in [2.75, 3.05) is 6.54 Å². The number of carboxylic acid groups (broad SMARTS) is 1. The first-order valence-corrected chi connectivity index (χ1v) is 5.53. The molecule has 0 fully saturated rings. The summed E-state index contributed by atoms with van der Waals surface area (Å²) in [6.45, 7) is 7.04. The molecule has 0 aliphatic heterocycles.